The Balaban J connectivity index is 1.93. The zero-order valence-corrected chi connectivity index (χ0v) is 10.3. The number of nitrogens with zero attached hydrogens (tertiary/aromatic N) is 2. The highest BCUT2D eigenvalue weighted by atomic mass is 16.5. The highest BCUT2D eigenvalue weighted by Gasteiger charge is 2.15. The molecule has 18 heavy (non-hydrogen) atoms. The van der Waals surface area contributed by atoms with Crippen molar-refractivity contribution in [2.24, 2.45) is 7.05 Å². The lowest BCUT2D eigenvalue weighted by Crippen LogP contribution is -2.30. The summed E-state index contributed by atoms with van der Waals surface area (Å²) >= 11 is 0. The average Bonchev–Trinajstić information content (AvgIpc) is 2.76. The van der Waals surface area contributed by atoms with E-state index in [0.717, 1.165) is 0 Å². The van der Waals surface area contributed by atoms with Crippen molar-refractivity contribution in [1.82, 2.24) is 9.78 Å². The molecule has 1 amide bonds. The van der Waals surface area contributed by atoms with Crippen LogP contribution in [0.25, 0.3) is 0 Å². The first-order valence-electron chi connectivity index (χ1n) is 5.67. The SMILES string of the molecule is C[C@H](Oc1ccccc1)C(=O)Nc1ccn(C)n1. The molecule has 1 heterocycles. The van der Waals surface area contributed by atoms with E-state index < -0.39 is 6.10 Å². The van der Waals surface area contributed by atoms with Crippen molar-refractivity contribution >= 4 is 11.7 Å². The van der Waals surface area contributed by atoms with Gasteiger partial charge in [-0.25, -0.2) is 0 Å². The lowest BCUT2D eigenvalue weighted by molar-refractivity contribution is -0.122. The largest absolute Gasteiger partial charge is 0.481 e. The van der Waals surface area contributed by atoms with Gasteiger partial charge in [0.1, 0.15) is 5.75 Å². The molecule has 5 nitrogen and oxygen atoms in total. The molecule has 2 rings (SSSR count). The van der Waals surface area contributed by atoms with Gasteiger partial charge in [0.05, 0.1) is 0 Å². The van der Waals surface area contributed by atoms with E-state index in [4.69, 9.17) is 4.74 Å². The molecule has 5 heteroatoms. The number of rotatable bonds is 4. The summed E-state index contributed by atoms with van der Waals surface area (Å²) < 4.78 is 7.13. The van der Waals surface area contributed by atoms with Crippen molar-refractivity contribution in [3.05, 3.63) is 42.6 Å². The first-order chi connectivity index (χ1) is 8.65. The summed E-state index contributed by atoms with van der Waals surface area (Å²) in [6.45, 7) is 1.70. The standard InChI is InChI=1S/C13H15N3O2/c1-10(18-11-6-4-3-5-7-11)13(17)14-12-8-9-16(2)15-12/h3-10H,1-2H3,(H,14,15,17)/t10-/m0/s1. The summed E-state index contributed by atoms with van der Waals surface area (Å²) in [5, 5.41) is 6.76. The number of aromatic nitrogens is 2. The fourth-order valence-electron chi connectivity index (χ4n) is 1.47. The monoisotopic (exact) mass is 245 g/mol. The number of anilines is 1. The molecule has 1 atom stereocenters. The number of carbonyl (C=O) groups excluding carboxylic acids is 1. The van der Waals surface area contributed by atoms with Crippen LogP contribution < -0.4 is 10.1 Å². The van der Waals surface area contributed by atoms with Crippen molar-refractivity contribution in [1.29, 1.82) is 0 Å². The van der Waals surface area contributed by atoms with Crippen LogP contribution in [-0.4, -0.2) is 21.8 Å². The predicted molar refractivity (Wildman–Crippen MR) is 68.4 cm³/mol. The smallest absolute Gasteiger partial charge is 0.266 e. The quantitative estimate of drug-likeness (QED) is 0.894. The van der Waals surface area contributed by atoms with E-state index in [0.29, 0.717) is 11.6 Å². The van der Waals surface area contributed by atoms with Crippen LogP contribution in [0.15, 0.2) is 42.6 Å². The van der Waals surface area contributed by atoms with Gasteiger partial charge in [-0.1, -0.05) is 18.2 Å². The second kappa shape index (κ2) is 5.35. The van der Waals surface area contributed by atoms with E-state index >= 15 is 0 Å². The molecule has 0 bridgehead atoms. The number of benzene rings is 1. The van der Waals surface area contributed by atoms with Crippen molar-refractivity contribution in [3.63, 3.8) is 0 Å². The average molecular weight is 245 g/mol. The van der Waals surface area contributed by atoms with Crippen LogP contribution in [0.1, 0.15) is 6.92 Å². The molecule has 94 valence electrons. The Bertz CT molecular complexity index is 522. The zero-order chi connectivity index (χ0) is 13.0. The maximum atomic E-state index is 11.8. The fourth-order valence-corrected chi connectivity index (χ4v) is 1.47. The van der Waals surface area contributed by atoms with Crippen LogP contribution >= 0.6 is 0 Å². The molecule has 0 spiro atoms. The Kier molecular flexibility index (Phi) is 3.62. The zero-order valence-electron chi connectivity index (χ0n) is 10.3. The van der Waals surface area contributed by atoms with Crippen molar-refractivity contribution in [2.45, 2.75) is 13.0 Å². The van der Waals surface area contributed by atoms with E-state index in [2.05, 4.69) is 10.4 Å². The van der Waals surface area contributed by atoms with Crippen LogP contribution in [0, 0.1) is 0 Å². The number of para-hydroxylation sites is 1. The Labute approximate surface area is 105 Å². The Morgan fingerprint density at radius 3 is 2.67 bits per heavy atom. The van der Waals surface area contributed by atoms with Crippen LogP contribution in [0.5, 0.6) is 5.75 Å². The molecule has 0 aliphatic heterocycles. The van der Waals surface area contributed by atoms with Gasteiger partial charge >= 0.3 is 0 Å². The lowest BCUT2D eigenvalue weighted by atomic mass is 10.3. The van der Waals surface area contributed by atoms with E-state index in [1.807, 2.05) is 30.3 Å². The maximum Gasteiger partial charge on any atom is 0.266 e. The molecule has 0 aliphatic rings. The van der Waals surface area contributed by atoms with Gasteiger partial charge in [0.2, 0.25) is 0 Å². The van der Waals surface area contributed by atoms with Gasteiger partial charge in [-0.05, 0) is 19.1 Å². The summed E-state index contributed by atoms with van der Waals surface area (Å²) in [6.07, 6.45) is 1.19. The van der Waals surface area contributed by atoms with Gasteiger partial charge in [-0.3, -0.25) is 9.48 Å². The molecule has 0 fully saturated rings. The predicted octanol–water partition coefficient (Wildman–Crippen LogP) is 1.83. The van der Waals surface area contributed by atoms with Crippen LogP contribution in [0.4, 0.5) is 5.82 Å². The highest BCUT2D eigenvalue weighted by molar-refractivity contribution is 5.93. The number of ether oxygens (including phenoxy) is 1. The molecule has 1 aromatic carbocycles. The Morgan fingerprint density at radius 2 is 2.06 bits per heavy atom. The molecular weight excluding hydrogens is 230 g/mol. The maximum absolute atomic E-state index is 11.8. The second-order valence-corrected chi connectivity index (χ2v) is 3.94. The number of carbonyl (C=O) groups is 1. The van der Waals surface area contributed by atoms with Crippen molar-refractivity contribution in [3.8, 4) is 5.75 Å². The minimum absolute atomic E-state index is 0.224. The highest BCUT2D eigenvalue weighted by Crippen LogP contribution is 2.11. The first-order valence-corrected chi connectivity index (χ1v) is 5.67. The third-order valence-corrected chi connectivity index (χ3v) is 2.39. The number of hydrogen-bond donors (Lipinski definition) is 1. The summed E-state index contributed by atoms with van der Waals surface area (Å²) in [6, 6.07) is 11.0. The second-order valence-electron chi connectivity index (χ2n) is 3.94. The van der Waals surface area contributed by atoms with E-state index in [1.54, 1.807) is 30.9 Å². The Morgan fingerprint density at radius 1 is 1.33 bits per heavy atom. The molecule has 0 radical (unpaired) electrons. The number of nitrogens with one attached hydrogen (secondary N) is 1. The number of aryl methyl sites for hydroxylation is 1. The third-order valence-electron chi connectivity index (χ3n) is 2.39. The van der Waals surface area contributed by atoms with Gasteiger partial charge in [0, 0.05) is 19.3 Å². The summed E-state index contributed by atoms with van der Waals surface area (Å²) in [4.78, 5) is 11.8. The van der Waals surface area contributed by atoms with Gasteiger partial charge in [-0.15, -0.1) is 0 Å². The number of hydrogen-bond acceptors (Lipinski definition) is 3. The van der Waals surface area contributed by atoms with Gasteiger partial charge in [-0.2, -0.15) is 5.10 Å². The van der Waals surface area contributed by atoms with E-state index in [-0.39, 0.29) is 5.91 Å². The van der Waals surface area contributed by atoms with Crippen LogP contribution in [0.3, 0.4) is 0 Å². The van der Waals surface area contributed by atoms with Crippen LogP contribution in [-0.2, 0) is 11.8 Å². The van der Waals surface area contributed by atoms with Crippen LogP contribution in [0.2, 0.25) is 0 Å². The summed E-state index contributed by atoms with van der Waals surface area (Å²) in [5.41, 5.74) is 0. The molecular formula is C13H15N3O2. The number of amides is 1. The molecule has 0 saturated heterocycles. The topological polar surface area (TPSA) is 56.1 Å². The molecule has 2 aromatic rings. The minimum atomic E-state index is -0.575. The minimum Gasteiger partial charge on any atom is -0.481 e. The Hall–Kier alpha value is -2.30. The summed E-state index contributed by atoms with van der Waals surface area (Å²) in [7, 11) is 1.79. The van der Waals surface area contributed by atoms with Gasteiger partial charge in [0.15, 0.2) is 11.9 Å². The molecule has 0 unspecified atom stereocenters. The van der Waals surface area contributed by atoms with Gasteiger partial charge < -0.3 is 10.1 Å². The first kappa shape index (κ1) is 12.2. The normalized spacial score (nSPS) is 11.9. The lowest BCUT2D eigenvalue weighted by Gasteiger charge is -2.13. The van der Waals surface area contributed by atoms with Crippen molar-refractivity contribution < 1.29 is 9.53 Å². The molecule has 1 N–H and O–H groups in total. The van der Waals surface area contributed by atoms with E-state index in [1.165, 1.54) is 0 Å². The summed E-state index contributed by atoms with van der Waals surface area (Å²) in [5.74, 6) is 0.963. The van der Waals surface area contributed by atoms with E-state index in [9.17, 15) is 4.79 Å². The van der Waals surface area contributed by atoms with Gasteiger partial charge in [0.25, 0.3) is 5.91 Å². The van der Waals surface area contributed by atoms with Crippen molar-refractivity contribution in [2.75, 3.05) is 5.32 Å². The fraction of sp³-hybridized carbons (Fsp3) is 0.231. The molecule has 0 saturated carbocycles. The molecule has 0 aliphatic carbocycles. The third kappa shape index (κ3) is 3.10. The molecule has 1 aromatic heterocycles.